The molecule has 1 aromatic rings. The van der Waals surface area contributed by atoms with Crippen molar-refractivity contribution < 1.29 is 14.2 Å². The molecule has 0 unspecified atom stereocenters. The lowest BCUT2D eigenvalue weighted by atomic mass is 10.2. The molecule has 0 heterocycles. The predicted molar refractivity (Wildman–Crippen MR) is 47.0 cm³/mol. The number of rotatable bonds is 1. The lowest BCUT2D eigenvalue weighted by molar-refractivity contribution is 0.350. The number of phenols is 1. The van der Waals surface area contributed by atoms with Gasteiger partial charge in [0.1, 0.15) is 11.6 Å². The van der Waals surface area contributed by atoms with Crippen LogP contribution in [0.4, 0.5) is 4.39 Å². The van der Waals surface area contributed by atoms with Crippen LogP contribution >= 0.6 is 15.9 Å². The fraction of sp³-hybridized carbons (Fsp3) is 0.125. The number of phenolic OH excluding ortho intramolecular Hbond substituents is 1. The highest BCUT2D eigenvalue weighted by atomic mass is 79.9. The molecule has 3 nitrogen and oxygen atoms in total. The van der Waals surface area contributed by atoms with Crippen molar-refractivity contribution >= 4 is 15.9 Å². The Labute approximate surface area is 82.5 Å². The second-order valence-electron chi connectivity index (χ2n) is 2.21. The maximum Gasteiger partial charge on any atom is 0.198 e. The number of aromatic hydroxyl groups is 1. The first-order valence-corrected chi connectivity index (χ1v) is 4.06. The number of methoxy groups -OCH3 is 1. The molecule has 68 valence electrons. The zero-order valence-electron chi connectivity index (χ0n) is 6.64. The highest BCUT2D eigenvalue weighted by Gasteiger charge is 2.16. The van der Waals surface area contributed by atoms with Crippen molar-refractivity contribution in [3.8, 4) is 17.6 Å². The van der Waals surface area contributed by atoms with E-state index in [4.69, 9.17) is 5.26 Å². The molecule has 0 atom stereocenters. The van der Waals surface area contributed by atoms with Crippen LogP contribution in [0.5, 0.6) is 11.5 Å². The molecule has 1 rings (SSSR count). The third kappa shape index (κ3) is 1.58. The number of benzene rings is 1. The topological polar surface area (TPSA) is 53.2 Å². The third-order valence-electron chi connectivity index (χ3n) is 1.47. The SMILES string of the molecule is COc1c(O)cc(Br)c(C#N)c1F. The molecule has 0 fully saturated rings. The molecule has 0 amide bonds. The fourth-order valence-electron chi connectivity index (χ4n) is 0.885. The summed E-state index contributed by atoms with van der Waals surface area (Å²) < 4.78 is 18.0. The van der Waals surface area contributed by atoms with Crippen LogP contribution in [0, 0.1) is 17.1 Å². The molecule has 0 aliphatic rings. The van der Waals surface area contributed by atoms with Gasteiger partial charge in [-0.05, 0) is 22.0 Å². The van der Waals surface area contributed by atoms with Gasteiger partial charge >= 0.3 is 0 Å². The first kappa shape index (κ1) is 9.81. The summed E-state index contributed by atoms with van der Waals surface area (Å²) in [5, 5.41) is 17.7. The Morgan fingerprint density at radius 1 is 1.69 bits per heavy atom. The molecular formula is C8H5BrFNO2. The maximum atomic E-state index is 13.3. The molecule has 0 aliphatic heterocycles. The van der Waals surface area contributed by atoms with E-state index in [1.54, 1.807) is 6.07 Å². The van der Waals surface area contributed by atoms with E-state index >= 15 is 0 Å². The van der Waals surface area contributed by atoms with Gasteiger partial charge < -0.3 is 9.84 Å². The molecular weight excluding hydrogens is 241 g/mol. The summed E-state index contributed by atoms with van der Waals surface area (Å²) in [7, 11) is 1.22. The maximum absolute atomic E-state index is 13.3. The average Bonchev–Trinajstić information content (AvgIpc) is 2.04. The van der Waals surface area contributed by atoms with Gasteiger partial charge in [0.25, 0.3) is 0 Å². The molecule has 0 bridgehead atoms. The first-order chi connectivity index (χ1) is 6.11. The lowest BCUT2D eigenvalue weighted by Gasteiger charge is -2.06. The number of ether oxygens (including phenoxy) is 1. The minimum atomic E-state index is -0.864. The summed E-state index contributed by atoms with van der Waals surface area (Å²) in [4.78, 5) is 0. The lowest BCUT2D eigenvalue weighted by Crippen LogP contribution is -1.93. The van der Waals surface area contributed by atoms with Crippen molar-refractivity contribution in [1.29, 1.82) is 5.26 Å². The van der Waals surface area contributed by atoms with Crippen LogP contribution in [0.15, 0.2) is 10.5 Å². The van der Waals surface area contributed by atoms with Gasteiger partial charge in [0.2, 0.25) is 0 Å². The largest absolute Gasteiger partial charge is 0.504 e. The van der Waals surface area contributed by atoms with Gasteiger partial charge in [-0.15, -0.1) is 0 Å². The van der Waals surface area contributed by atoms with Gasteiger partial charge in [-0.2, -0.15) is 5.26 Å². The van der Waals surface area contributed by atoms with Gasteiger partial charge in [-0.3, -0.25) is 0 Å². The van der Waals surface area contributed by atoms with Crippen LogP contribution in [0.1, 0.15) is 5.56 Å². The molecule has 0 radical (unpaired) electrons. The normalized spacial score (nSPS) is 9.38. The minimum Gasteiger partial charge on any atom is -0.504 e. The third-order valence-corrected chi connectivity index (χ3v) is 2.10. The van der Waals surface area contributed by atoms with Crippen molar-refractivity contribution in [3.05, 3.63) is 21.9 Å². The van der Waals surface area contributed by atoms with Gasteiger partial charge in [-0.1, -0.05) is 0 Å². The molecule has 0 spiro atoms. The minimum absolute atomic E-state index is 0.186. The van der Waals surface area contributed by atoms with E-state index in [-0.39, 0.29) is 21.5 Å². The summed E-state index contributed by atoms with van der Waals surface area (Å²) >= 11 is 2.94. The zero-order valence-corrected chi connectivity index (χ0v) is 8.22. The summed E-state index contributed by atoms with van der Waals surface area (Å²) in [6.07, 6.45) is 0. The van der Waals surface area contributed by atoms with Gasteiger partial charge in [0, 0.05) is 4.47 Å². The highest BCUT2D eigenvalue weighted by molar-refractivity contribution is 9.10. The monoisotopic (exact) mass is 245 g/mol. The molecule has 0 aliphatic carbocycles. The van der Waals surface area contributed by atoms with E-state index in [9.17, 15) is 9.50 Å². The standard InChI is InChI=1S/C8H5BrFNO2/c1-13-8-6(12)2-5(9)4(3-11)7(8)10/h2,12H,1H3. The van der Waals surface area contributed by atoms with Crippen molar-refractivity contribution in [3.63, 3.8) is 0 Å². The molecule has 0 saturated heterocycles. The van der Waals surface area contributed by atoms with E-state index in [1.807, 2.05) is 0 Å². The van der Waals surface area contributed by atoms with E-state index < -0.39 is 5.82 Å². The summed E-state index contributed by atoms with van der Waals surface area (Å²) in [5.41, 5.74) is -0.186. The molecule has 0 aromatic heterocycles. The van der Waals surface area contributed by atoms with Crippen LogP contribution in [0.25, 0.3) is 0 Å². The Hall–Kier alpha value is -1.28. The Balaban J connectivity index is 3.51. The number of hydrogen-bond acceptors (Lipinski definition) is 3. The number of nitriles is 1. The smallest absolute Gasteiger partial charge is 0.198 e. The number of halogens is 2. The number of hydrogen-bond donors (Lipinski definition) is 1. The number of nitrogens with zero attached hydrogens (tertiary/aromatic N) is 1. The van der Waals surface area contributed by atoms with Crippen LogP contribution in [0.3, 0.4) is 0 Å². The van der Waals surface area contributed by atoms with Crippen LogP contribution in [0.2, 0.25) is 0 Å². The molecule has 13 heavy (non-hydrogen) atoms. The van der Waals surface area contributed by atoms with Crippen molar-refractivity contribution in [1.82, 2.24) is 0 Å². The molecule has 0 saturated carbocycles. The van der Waals surface area contributed by atoms with Crippen LogP contribution < -0.4 is 4.74 Å². The Bertz CT molecular complexity index is 387. The Morgan fingerprint density at radius 2 is 2.31 bits per heavy atom. The predicted octanol–water partition coefficient (Wildman–Crippen LogP) is 2.17. The van der Waals surface area contributed by atoms with Gasteiger partial charge in [-0.25, -0.2) is 4.39 Å². The molecule has 1 N–H and O–H groups in total. The second-order valence-corrected chi connectivity index (χ2v) is 3.07. The van der Waals surface area contributed by atoms with E-state index in [1.165, 1.54) is 13.2 Å². The zero-order chi connectivity index (χ0) is 10.0. The average molecular weight is 246 g/mol. The highest BCUT2D eigenvalue weighted by Crippen LogP contribution is 2.35. The summed E-state index contributed by atoms with van der Waals surface area (Å²) in [5.74, 6) is -1.53. The molecule has 5 heteroatoms. The summed E-state index contributed by atoms with van der Waals surface area (Å²) in [6, 6.07) is 2.86. The van der Waals surface area contributed by atoms with Gasteiger partial charge in [0.15, 0.2) is 17.3 Å². The van der Waals surface area contributed by atoms with Crippen LogP contribution in [-0.2, 0) is 0 Å². The van der Waals surface area contributed by atoms with Gasteiger partial charge in [0.05, 0.1) is 7.11 Å². The Kier molecular flexibility index (Phi) is 2.73. The fourth-order valence-corrected chi connectivity index (χ4v) is 1.36. The summed E-state index contributed by atoms with van der Waals surface area (Å²) in [6.45, 7) is 0. The molecule has 1 aromatic carbocycles. The van der Waals surface area contributed by atoms with E-state index in [0.717, 1.165) is 0 Å². The van der Waals surface area contributed by atoms with Crippen molar-refractivity contribution in [2.24, 2.45) is 0 Å². The van der Waals surface area contributed by atoms with Crippen molar-refractivity contribution in [2.75, 3.05) is 7.11 Å². The second kappa shape index (κ2) is 3.62. The van der Waals surface area contributed by atoms with E-state index in [2.05, 4.69) is 20.7 Å². The van der Waals surface area contributed by atoms with Crippen LogP contribution in [-0.4, -0.2) is 12.2 Å². The Morgan fingerprint density at radius 3 is 2.77 bits per heavy atom. The first-order valence-electron chi connectivity index (χ1n) is 3.26. The quantitative estimate of drug-likeness (QED) is 0.826. The van der Waals surface area contributed by atoms with Crippen molar-refractivity contribution in [2.45, 2.75) is 0 Å². The van der Waals surface area contributed by atoms with E-state index in [0.29, 0.717) is 0 Å².